The number of hydrogen-bond donors (Lipinski definition) is 0. The van der Waals surface area contributed by atoms with Crippen LogP contribution in [0.15, 0.2) is 11.9 Å². The van der Waals surface area contributed by atoms with Crippen LogP contribution in [0.1, 0.15) is 48.0 Å². The largest absolute Gasteiger partial charge is 0.444 e. The molecule has 1 aliphatic rings. The summed E-state index contributed by atoms with van der Waals surface area (Å²) in [5.74, 6) is -0.452. The summed E-state index contributed by atoms with van der Waals surface area (Å²) < 4.78 is 24.7. The summed E-state index contributed by atoms with van der Waals surface area (Å²) in [6.07, 6.45) is 1.22. The summed E-state index contributed by atoms with van der Waals surface area (Å²) in [5.41, 5.74) is -1.40. The molecule has 1 heterocycles. The first-order valence-corrected chi connectivity index (χ1v) is 7.82. The maximum absolute atomic E-state index is 13.7. The fourth-order valence-electron chi connectivity index (χ4n) is 2.24. The summed E-state index contributed by atoms with van der Waals surface area (Å²) in [6, 6.07) is -0.294. The molecule has 0 aromatic carbocycles. The van der Waals surface area contributed by atoms with Gasteiger partial charge in [-0.15, -0.1) is 0 Å². The highest BCUT2D eigenvalue weighted by atomic mass is 19.1. The molecule has 0 radical (unpaired) electrons. The van der Waals surface area contributed by atoms with Gasteiger partial charge in [0.25, 0.3) is 0 Å². The quantitative estimate of drug-likeness (QED) is 0.422. The van der Waals surface area contributed by atoms with Crippen molar-refractivity contribution in [1.29, 1.82) is 0 Å². The zero-order valence-electron chi connectivity index (χ0n) is 14.8. The van der Waals surface area contributed by atoms with Crippen molar-refractivity contribution in [3.8, 4) is 0 Å². The maximum Gasteiger partial charge on any atom is 0.412 e. The average Bonchev–Trinajstić information content (AvgIpc) is 2.70. The standard InChI is InChI=1S/C16H28FNO5/c1-7-21-22-10-12(17)8-9-13-11-20-16(5,6)18(13)14(19)23-15(2,3)4/h8,13H,7,9-11H2,1-6H3/b12-8-/t13-/m0/s1. The Bertz CT molecular complexity index is 431. The van der Waals surface area contributed by atoms with Crippen LogP contribution in [0.4, 0.5) is 9.18 Å². The fraction of sp³-hybridized carbons (Fsp3) is 0.812. The number of hydrogen-bond acceptors (Lipinski definition) is 5. The number of rotatable bonds is 6. The van der Waals surface area contributed by atoms with Crippen LogP contribution >= 0.6 is 0 Å². The second-order valence-electron chi connectivity index (χ2n) is 6.82. The summed E-state index contributed by atoms with van der Waals surface area (Å²) >= 11 is 0. The van der Waals surface area contributed by atoms with E-state index in [1.54, 1.807) is 41.5 Å². The normalized spacial score (nSPS) is 21.6. The molecule has 1 fully saturated rings. The van der Waals surface area contributed by atoms with Crippen molar-refractivity contribution in [2.75, 3.05) is 19.8 Å². The van der Waals surface area contributed by atoms with E-state index in [9.17, 15) is 9.18 Å². The van der Waals surface area contributed by atoms with Gasteiger partial charge < -0.3 is 9.47 Å². The first kappa shape index (κ1) is 19.9. The maximum atomic E-state index is 13.7. The first-order valence-electron chi connectivity index (χ1n) is 7.82. The van der Waals surface area contributed by atoms with Crippen molar-refractivity contribution in [3.63, 3.8) is 0 Å². The molecule has 134 valence electrons. The van der Waals surface area contributed by atoms with Crippen molar-refractivity contribution < 1.29 is 28.4 Å². The van der Waals surface area contributed by atoms with Gasteiger partial charge in [-0.05, 0) is 54.0 Å². The summed E-state index contributed by atoms with van der Waals surface area (Å²) in [4.78, 5) is 23.2. The SMILES string of the molecule is CCOOC/C(F)=C/C[C@H]1COC(C)(C)N1C(=O)OC(C)(C)C. The summed E-state index contributed by atoms with van der Waals surface area (Å²) in [6.45, 7) is 11.1. The number of ether oxygens (including phenoxy) is 2. The monoisotopic (exact) mass is 333 g/mol. The molecule has 0 N–H and O–H groups in total. The Hall–Kier alpha value is -1.18. The molecule has 23 heavy (non-hydrogen) atoms. The van der Waals surface area contributed by atoms with E-state index in [0.29, 0.717) is 19.6 Å². The number of nitrogens with zero attached hydrogens (tertiary/aromatic N) is 1. The third-order valence-electron chi connectivity index (χ3n) is 3.17. The fourth-order valence-corrected chi connectivity index (χ4v) is 2.24. The molecule has 1 amide bonds. The highest BCUT2D eigenvalue weighted by molar-refractivity contribution is 5.69. The Kier molecular flexibility index (Phi) is 6.98. The number of carbonyl (C=O) groups excluding carboxylic acids is 1. The van der Waals surface area contributed by atoms with Crippen LogP contribution in [0.3, 0.4) is 0 Å². The molecule has 1 aliphatic heterocycles. The van der Waals surface area contributed by atoms with E-state index in [0.717, 1.165) is 0 Å². The lowest BCUT2D eigenvalue weighted by atomic mass is 10.1. The van der Waals surface area contributed by atoms with Crippen molar-refractivity contribution >= 4 is 6.09 Å². The van der Waals surface area contributed by atoms with E-state index in [2.05, 4.69) is 9.78 Å². The molecule has 0 aromatic rings. The lowest BCUT2D eigenvalue weighted by Gasteiger charge is -2.34. The number of amides is 1. The van der Waals surface area contributed by atoms with Crippen LogP contribution in [0.5, 0.6) is 0 Å². The Morgan fingerprint density at radius 1 is 1.39 bits per heavy atom. The van der Waals surface area contributed by atoms with Gasteiger partial charge in [-0.1, -0.05) is 0 Å². The Balaban J connectivity index is 2.69. The Morgan fingerprint density at radius 2 is 2.04 bits per heavy atom. The average molecular weight is 333 g/mol. The molecule has 1 rings (SSSR count). The van der Waals surface area contributed by atoms with E-state index in [-0.39, 0.29) is 12.6 Å². The van der Waals surface area contributed by atoms with Crippen LogP contribution in [0.2, 0.25) is 0 Å². The van der Waals surface area contributed by atoms with Gasteiger partial charge in [0, 0.05) is 0 Å². The van der Waals surface area contributed by atoms with Gasteiger partial charge >= 0.3 is 6.09 Å². The second-order valence-corrected chi connectivity index (χ2v) is 6.82. The number of halogens is 1. The molecule has 1 saturated heterocycles. The van der Waals surface area contributed by atoms with Crippen LogP contribution < -0.4 is 0 Å². The van der Waals surface area contributed by atoms with Crippen molar-refractivity contribution in [1.82, 2.24) is 4.90 Å². The van der Waals surface area contributed by atoms with Gasteiger partial charge in [0.1, 0.15) is 23.8 Å². The van der Waals surface area contributed by atoms with E-state index < -0.39 is 23.2 Å². The molecule has 0 spiro atoms. The Labute approximate surface area is 137 Å². The van der Waals surface area contributed by atoms with Crippen LogP contribution in [-0.4, -0.2) is 48.2 Å². The molecular weight excluding hydrogens is 305 g/mol. The molecule has 0 unspecified atom stereocenters. The molecule has 7 heteroatoms. The zero-order valence-corrected chi connectivity index (χ0v) is 14.8. The molecule has 1 atom stereocenters. The lowest BCUT2D eigenvalue weighted by molar-refractivity contribution is -0.286. The minimum atomic E-state index is -0.793. The zero-order chi connectivity index (χ0) is 17.7. The van der Waals surface area contributed by atoms with Gasteiger partial charge in [-0.3, -0.25) is 4.90 Å². The van der Waals surface area contributed by atoms with Crippen LogP contribution in [0, 0.1) is 0 Å². The van der Waals surface area contributed by atoms with Gasteiger partial charge in [-0.2, -0.15) is 0 Å². The van der Waals surface area contributed by atoms with E-state index in [1.165, 1.54) is 11.0 Å². The first-order chi connectivity index (χ1) is 10.6. The van der Waals surface area contributed by atoms with Gasteiger partial charge in [-0.25, -0.2) is 19.0 Å². The van der Waals surface area contributed by atoms with Crippen molar-refractivity contribution in [2.45, 2.75) is 65.3 Å². The predicted molar refractivity (Wildman–Crippen MR) is 83.3 cm³/mol. The smallest absolute Gasteiger partial charge is 0.412 e. The lowest BCUT2D eigenvalue weighted by Crippen LogP contribution is -2.49. The third-order valence-corrected chi connectivity index (χ3v) is 3.17. The van der Waals surface area contributed by atoms with E-state index in [1.807, 2.05) is 0 Å². The molecule has 6 nitrogen and oxygen atoms in total. The topological polar surface area (TPSA) is 57.2 Å². The highest BCUT2D eigenvalue weighted by Gasteiger charge is 2.45. The van der Waals surface area contributed by atoms with E-state index >= 15 is 0 Å². The van der Waals surface area contributed by atoms with Crippen LogP contribution in [-0.2, 0) is 19.2 Å². The van der Waals surface area contributed by atoms with Gasteiger partial charge in [0.2, 0.25) is 0 Å². The molecular formula is C16H28FNO5. The van der Waals surface area contributed by atoms with Crippen molar-refractivity contribution in [2.24, 2.45) is 0 Å². The Morgan fingerprint density at radius 3 is 2.61 bits per heavy atom. The van der Waals surface area contributed by atoms with E-state index in [4.69, 9.17) is 9.47 Å². The second kappa shape index (κ2) is 8.08. The minimum absolute atomic E-state index is 0.253. The summed E-state index contributed by atoms with van der Waals surface area (Å²) in [7, 11) is 0. The molecule has 0 aromatic heterocycles. The summed E-state index contributed by atoms with van der Waals surface area (Å²) in [5, 5.41) is 0. The predicted octanol–water partition coefficient (Wildman–Crippen LogP) is 3.57. The third kappa shape index (κ3) is 6.45. The molecule has 0 bridgehead atoms. The van der Waals surface area contributed by atoms with Gasteiger partial charge in [0.05, 0.1) is 19.3 Å². The highest BCUT2D eigenvalue weighted by Crippen LogP contribution is 2.31. The molecule has 0 saturated carbocycles. The van der Waals surface area contributed by atoms with Crippen LogP contribution in [0.25, 0.3) is 0 Å². The minimum Gasteiger partial charge on any atom is -0.444 e. The number of carbonyl (C=O) groups is 1. The van der Waals surface area contributed by atoms with Gasteiger partial charge in [0.15, 0.2) is 0 Å². The molecule has 0 aliphatic carbocycles. The van der Waals surface area contributed by atoms with Crippen molar-refractivity contribution in [3.05, 3.63) is 11.9 Å².